The Labute approximate surface area is 113 Å². The number of hydrogen-bond donors (Lipinski definition) is 0. The van der Waals surface area contributed by atoms with Gasteiger partial charge in [0, 0.05) is 5.25 Å². The monoisotopic (exact) mass is 296 g/mol. The van der Waals surface area contributed by atoms with E-state index in [1.807, 2.05) is 13.8 Å². The van der Waals surface area contributed by atoms with Crippen molar-refractivity contribution in [2.45, 2.75) is 50.3 Å². The number of aromatic nitrogens is 2. The Kier molecular flexibility index (Phi) is 5.39. The average Bonchev–Trinajstić information content (AvgIpc) is 2.81. The molecule has 4 nitrogen and oxygen atoms in total. The molecule has 0 aliphatic rings. The highest BCUT2D eigenvalue weighted by Crippen LogP contribution is 2.27. The zero-order valence-corrected chi connectivity index (χ0v) is 11.6. The van der Waals surface area contributed by atoms with E-state index in [-0.39, 0.29) is 5.89 Å². The topological polar surface area (TPSA) is 56.0 Å². The maximum atomic E-state index is 12.2. The Morgan fingerprint density at radius 3 is 2.58 bits per heavy atom. The zero-order valence-electron chi connectivity index (χ0n) is 10.8. The van der Waals surface area contributed by atoms with Gasteiger partial charge >= 0.3 is 6.18 Å². The fraction of sp³-hybridized carbons (Fsp3) is 0.727. The summed E-state index contributed by atoms with van der Waals surface area (Å²) in [4.78, 5) is 14.9. The summed E-state index contributed by atoms with van der Waals surface area (Å²) in [7, 11) is 0. The number of carbonyl (C=O) groups excluding carboxylic acids is 1. The molecule has 0 fully saturated rings. The lowest BCUT2D eigenvalue weighted by molar-refractivity contribution is -0.172. The van der Waals surface area contributed by atoms with E-state index < -0.39 is 17.9 Å². The minimum absolute atomic E-state index is 0.290. The molecular formula is C11H15F3N2O2S. The molecule has 0 saturated heterocycles. The Hall–Kier alpha value is -1.05. The largest absolute Gasteiger partial charge is 0.450 e. The molecule has 0 bridgehead atoms. The summed E-state index contributed by atoms with van der Waals surface area (Å²) >= 11 is 1.58. The van der Waals surface area contributed by atoms with Gasteiger partial charge in [0.05, 0.1) is 5.75 Å². The molecular weight excluding hydrogens is 281 g/mol. The zero-order chi connectivity index (χ0) is 14.6. The number of rotatable bonds is 6. The fourth-order valence-electron chi connectivity index (χ4n) is 1.19. The van der Waals surface area contributed by atoms with Crippen molar-refractivity contribution >= 4 is 17.5 Å². The summed E-state index contributed by atoms with van der Waals surface area (Å²) < 4.78 is 41.5. The van der Waals surface area contributed by atoms with E-state index in [1.54, 1.807) is 11.8 Å². The van der Waals surface area contributed by atoms with Crippen molar-refractivity contribution in [3.05, 3.63) is 11.7 Å². The SMILES string of the molecule is CCC(C)SCc1noc(C(C)C(=O)C(F)(F)F)n1. The van der Waals surface area contributed by atoms with Crippen LogP contribution in [0.25, 0.3) is 0 Å². The average molecular weight is 296 g/mol. The first-order valence-electron chi connectivity index (χ1n) is 5.80. The summed E-state index contributed by atoms with van der Waals surface area (Å²) in [5.74, 6) is -2.87. The maximum absolute atomic E-state index is 12.2. The second kappa shape index (κ2) is 6.40. The van der Waals surface area contributed by atoms with Crippen LogP contribution < -0.4 is 0 Å². The molecule has 108 valence electrons. The second-order valence-corrected chi connectivity index (χ2v) is 5.59. The molecule has 0 amide bonds. The lowest BCUT2D eigenvalue weighted by Crippen LogP contribution is -2.27. The predicted octanol–water partition coefficient (Wildman–Crippen LogP) is 3.34. The summed E-state index contributed by atoms with van der Waals surface area (Å²) in [6.07, 6.45) is -3.92. The van der Waals surface area contributed by atoms with E-state index in [4.69, 9.17) is 4.52 Å². The van der Waals surface area contributed by atoms with Crippen LogP contribution in [0, 0.1) is 0 Å². The van der Waals surface area contributed by atoms with Gasteiger partial charge in [-0.3, -0.25) is 4.79 Å². The van der Waals surface area contributed by atoms with Crippen molar-refractivity contribution in [2.75, 3.05) is 0 Å². The highest BCUT2D eigenvalue weighted by Gasteiger charge is 2.43. The van der Waals surface area contributed by atoms with Crippen LogP contribution >= 0.6 is 11.8 Å². The Morgan fingerprint density at radius 1 is 1.42 bits per heavy atom. The highest BCUT2D eigenvalue weighted by molar-refractivity contribution is 7.99. The van der Waals surface area contributed by atoms with E-state index in [0.717, 1.165) is 13.3 Å². The minimum atomic E-state index is -4.89. The van der Waals surface area contributed by atoms with E-state index >= 15 is 0 Å². The van der Waals surface area contributed by atoms with E-state index in [1.165, 1.54) is 0 Å². The van der Waals surface area contributed by atoms with Gasteiger partial charge in [0.25, 0.3) is 0 Å². The molecule has 8 heteroatoms. The molecule has 0 aliphatic carbocycles. The maximum Gasteiger partial charge on any atom is 0.450 e. The number of nitrogens with zero attached hydrogens (tertiary/aromatic N) is 2. The van der Waals surface area contributed by atoms with Crippen LogP contribution in [0.3, 0.4) is 0 Å². The molecule has 1 rings (SSSR count). The molecule has 1 heterocycles. The predicted molar refractivity (Wildman–Crippen MR) is 64.8 cm³/mol. The van der Waals surface area contributed by atoms with Crippen LogP contribution in [0.15, 0.2) is 4.52 Å². The Bertz CT molecular complexity index is 434. The molecule has 0 N–H and O–H groups in total. The van der Waals surface area contributed by atoms with Gasteiger partial charge in [-0.15, -0.1) is 0 Å². The lowest BCUT2D eigenvalue weighted by Gasteiger charge is -2.08. The van der Waals surface area contributed by atoms with Crippen LogP contribution in [0.4, 0.5) is 13.2 Å². The number of Topliss-reactive ketones (excluding diaryl/α,β-unsaturated/α-hetero) is 1. The van der Waals surface area contributed by atoms with E-state index in [2.05, 4.69) is 10.1 Å². The first-order chi connectivity index (χ1) is 8.75. The van der Waals surface area contributed by atoms with Gasteiger partial charge in [0.15, 0.2) is 5.82 Å². The molecule has 1 aromatic rings. The van der Waals surface area contributed by atoms with E-state index in [0.29, 0.717) is 16.8 Å². The van der Waals surface area contributed by atoms with Crippen molar-refractivity contribution in [2.24, 2.45) is 0 Å². The second-order valence-electron chi connectivity index (χ2n) is 4.16. The van der Waals surface area contributed by atoms with Gasteiger partial charge in [-0.1, -0.05) is 19.0 Å². The third kappa shape index (κ3) is 4.52. The molecule has 19 heavy (non-hydrogen) atoms. The number of halogens is 3. The number of alkyl halides is 3. The van der Waals surface area contributed by atoms with Crippen LogP contribution in [-0.2, 0) is 10.5 Å². The molecule has 1 aromatic heterocycles. The number of carbonyl (C=O) groups is 1. The third-order valence-electron chi connectivity index (χ3n) is 2.60. The number of thioether (sulfide) groups is 1. The normalized spacial score (nSPS) is 15.3. The van der Waals surface area contributed by atoms with Crippen LogP contribution in [-0.4, -0.2) is 27.4 Å². The van der Waals surface area contributed by atoms with Crippen molar-refractivity contribution in [3.63, 3.8) is 0 Å². The van der Waals surface area contributed by atoms with Gasteiger partial charge < -0.3 is 4.52 Å². The fourth-order valence-corrected chi connectivity index (χ4v) is 1.98. The number of hydrogen-bond acceptors (Lipinski definition) is 5. The van der Waals surface area contributed by atoms with E-state index in [9.17, 15) is 18.0 Å². The first kappa shape index (κ1) is 16.0. The molecule has 2 unspecified atom stereocenters. The van der Waals surface area contributed by atoms with Gasteiger partial charge in [-0.05, 0) is 13.3 Å². The smallest absolute Gasteiger partial charge is 0.339 e. The minimum Gasteiger partial charge on any atom is -0.339 e. The van der Waals surface area contributed by atoms with Crippen molar-refractivity contribution < 1.29 is 22.5 Å². The molecule has 0 saturated carbocycles. The van der Waals surface area contributed by atoms with Crippen LogP contribution in [0.1, 0.15) is 44.8 Å². The summed E-state index contributed by atoms with van der Waals surface area (Å²) in [6.45, 7) is 5.17. The third-order valence-corrected chi connectivity index (χ3v) is 3.93. The van der Waals surface area contributed by atoms with Gasteiger partial charge in [-0.2, -0.15) is 29.9 Å². The summed E-state index contributed by atoms with van der Waals surface area (Å²) in [6, 6.07) is 0. The highest BCUT2D eigenvalue weighted by atomic mass is 32.2. The van der Waals surface area contributed by atoms with Gasteiger partial charge in [0.2, 0.25) is 11.7 Å². The molecule has 0 radical (unpaired) electrons. The van der Waals surface area contributed by atoms with Crippen molar-refractivity contribution in [3.8, 4) is 0 Å². The summed E-state index contributed by atoms with van der Waals surface area (Å²) in [5.41, 5.74) is 0. The Morgan fingerprint density at radius 2 is 2.05 bits per heavy atom. The lowest BCUT2D eigenvalue weighted by atomic mass is 10.1. The van der Waals surface area contributed by atoms with Crippen LogP contribution in [0.2, 0.25) is 0 Å². The molecule has 0 aromatic carbocycles. The quantitative estimate of drug-likeness (QED) is 0.806. The molecule has 0 aliphatic heterocycles. The molecule has 2 atom stereocenters. The van der Waals surface area contributed by atoms with Crippen LogP contribution in [0.5, 0.6) is 0 Å². The molecule has 0 spiro atoms. The van der Waals surface area contributed by atoms with Gasteiger partial charge in [0.1, 0.15) is 5.92 Å². The van der Waals surface area contributed by atoms with Crippen molar-refractivity contribution in [1.82, 2.24) is 10.1 Å². The van der Waals surface area contributed by atoms with Crippen molar-refractivity contribution in [1.29, 1.82) is 0 Å². The first-order valence-corrected chi connectivity index (χ1v) is 6.85. The Balaban J connectivity index is 2.66. The number of ketones is 1. The van der Waals surface area contributed by atoms with Gasteiger partial charge in [-0.25, -0.2) is 0 Å². The standard InChI is InChI=1S/C11H15F3N2O2S/c1-4-6(2)19-5-8-15-10(18-16-8)7(3)9(17)11(12,13)14/h6-7H,4-5H2,1-3H3. The summed E-state index contributed by atoms with van der Waals surface area (Å²) in [5, 5.41) is 3.98.